The first-order valence-electron chi connectivity index (χ1n) is 9.73. The maximum Gasteiger partial charge on any atom is 0.240 e. The lowest BCUT2D eigenvalue weighted by atomic mass is 10.2. The molecule has 0 bridgehead atoms. The van der Waals surface area contributed by atoms with E-state index in [1.807, 2.05) is 41.8 Å². The number of ether oxygens (including phenoxy) is 1. The van der Waals surface area contributed by atoms with Gasteiger partial charge in [-0.05, 0) is 61.0 Å². The van der Waals surface area contributed by atoms with Gasteiger partial charge >= 0.3 is 0 Å². The van der Waals surface area contributed by atoms with E-state index in [1.54, 1.807) is 12.3 Å². The van der Waals surface area contributed by atoms with Crippen LogP contribution in [0, 0.1) is 5.82 Å². The summed E-state index contributed by atoms with van der Waals surface area (Å²) in [6, 6.07) is 16.0. The Bertz CT molecular complexity index is 1290. The Morgan fingerprint density at radius 3 is 2.52 bits per heavy atom. The molecule has 160 valence electrons. The van der Waals surface area contributed by atoms with E-state index >= 15 is 0 Å². The van der Waals surface area contributed by atoms with Crippen molar-refractivity contribution in [1.82, 2.24) is 19.3 Å². The van der Waals surface area contributed by atoms with Gasteiger partial charge in [0.05, 0.1) is 24.6 Å². The predicted octanol–water partition coefficient (Wildman–Crippen LogP) is 3.50. The van der Waals surface area contributed by atoms with E-state index in [-0.39, 0.29) is 11.4 Å². The molecule has 0 radical (unpaired) electrons. The van der Waals surface area contributed by atoms with Crippen LogP contribution in [0.3, 0.4) is 0 Å². The van der Waals surface area contributed by atoms with Crippen molar-refractivity contribution >= 4 is 21.2 Å². The molecule has 0 unspecified atom stereocenters. The lowest BCUT2D eigenvalue weighted by molar-refractivity contribution is 0.340. The minimum absolute atomic E-state index is 0.0128. The molecular weight excluding hydrogens is 419 g/mol. The summed E-state index contributed by atoms with van der Waals surface area (Å²) in [6.45, 7) is 2.95. The van der Waals surface area contributed by atoms with Crippen LogP contribution in [0.15, 0.2) is 71.8 Å². The molecule has 0 saturated heterocycles. The van der Waals surface area contributed by atoms with E-state index in [1.165, 1.54) is 12.1 Å². The fraction of sp³-hybridized carbons (Fsp3) is 0.182. The number of pyridine rings is 1. The molecule has 7 nitrogen and oxygen atoms in total. The number of nitrogens with one attached hydrogen (secondary N) is 1. The normalized spacial score (nSPS) is 11.7. The van der Waals surface area contributed by atoms with Gasteiger partial charge in [0.25, 0.3) is 0 Å². The van der Waals surface area contributed by atoms with E-state index in [2.05, 4.69) is 14.7 Å². The smallest absolute Gasteiger partial charge is 0.240 e. The van der Waals surface area contributed by atoms with Gasteiger partial charge in [-0.25, -0.2) is 27.5 Å². The minimum Gasteiger partial charge on any atom is -0.494 e. The topological polar surface area (TPSA) is 86.1 Å². The molecule has 0 aliphatic carbocycles. The molecule has 2 heterocycles. The number of nitrogens with zero attached hydrogens (tertiary/aromatic N) is 3. The average Bonchev–Trinajstić information content (AvgIpc) is 3.12. The second-order valence-electron chi connectivity index (χ2n) is 6.82. The zero-order valence-electron chi connectivity index (χ0n) is 16.8. The zero-order valence-corrected chi connectivity index (χ0v) is 17.6. The van der Waals surface area contributed by atoms with Crippen molar-refractivity contribution in [2.45, 2.75) is 24.9 Å². The molecule has 0 spiro atoms. The summed E-state index contributed by atoms with van der Waals surface area (Å²) in [7, 11) is -3.82. The summed E-state index contributed by atoms with van der Waals surface area (Å²) >= 11 is 0. The van der Waals surface area contributed by atoms with E-state index in [0.717, 1.165) is 23.4 Å². The number of sulfonamides is 1. The average molecular weight is 441 g/mol. The van der Waals surface area contributed by atoms with Crippen LogP contribution < -0.4 is 9.46 Å². The van der Waals surface area contributed by atoms with Gasteiger partial charge in [0.1, 0.15) is 22.9 Å². The first-order chi connectivity index (χ1) is 15.0. The first kappa shape index (κ1) is 21.0. The fourth-order valence-electron chi connectivity index (χ4n) is 3.20. The largest absolute Gasteiger partial charge is 0.494 e. The van der Waals surface area contributed by atoms with Gasteiger partial charge in [-0.1, -0.05) is 12.1 Å². The van der Waals surface area contributed by atoms with Crippen molar-refractivity contribution in [2.24, 2.45) is 0 Å². The summed E-state index contributed by atoms with van der Waals surface area (Å²) in [5.41, 5.74) is 2.33. The maximum atomic E-state index is 13.1. The molecule has 1 N–H and O–H groups in total. The molecule has 0 aliphatic heterocycles. The molecule has 9 heteroatoms. The fourth-order valence-corrected chi connectivity index (χ4v) is 4.18. The van der Waals surface area contributed by atoms with Crippen molar-refractivity contribution in [1.29, 1.82) is 0 Å². The molecule has 0 fully saturated rings. The van der Waals surface area contributed by atoms with Crippen LogP contribution in [0.4, 0.5) is 4.39 Å². The number of imidazole rings is 1. The summed E-state index contributed by atoms with van der Waals surface area (Å²) in [4.78, 5) is 8.96. The maximum absolute atomic E-state index is 13.1. The number of hydrogen-bond acceptors (Lipinski definition) is 5. The number of rotatable bonds is 8. The van der Waals surface area contributed by atoms with Crippen LogP contribution in [0.2, 0.25) is 0 Å². The molecule has 0 aliphatic rings. The Morgan fingerprint density at radius 1 is 1.06 bits per heavy atom. The Hall–Kier alpha value is -3.30. The number of aromatic nitrogens is 3. The van der Waals surface area contributed by atoms with Crippen LogP contribution >= 0.6 is 0 Å². The summed E-state index contributed by atoms with van der Waals surface area (Å²) in [5.74, 6) is 0.808. The second-order valence-corrected chi connectivity index (χ2v) is 8.58. The lowest BCUT2D eigenvalue weighted by Crippen LogP contribution is -2.25. The summed E-state index contributed by atoms with van der Waals surface area (Å²) < 4.78 is 48.2. The highest BCUT2D eigenvalue weighted by Gasteiger charge is 2.18. The first-order valence-corrected chi connectivity index (χ1v) is 11.2. The van der Waals surface area contributed by atoms with Crippen molar-refractivity contribution < 1.29 is 17.5 Å². The number of hydrogen-bond donors (Lipinski definition) is 1. The molecule has 2 aromatic heterocycles. The van der Waals surface area contributed by atoms with Crippen molar-refractivity contribution in [2.75, 3.05) is 6.61 Å². The third-order valence-corrected chi connectivity index (χ3v) is 6.12. The lowest BCUT2D eigenvalue weighted by Gasteiger charge is -2.11. The number of halogens is 1. The SMILES string of the molecule is CCOc1ccc(Cn2c(CNS(=O)(=O)c3ccc(F)cc3)nc3cccnc32)cc1. The predicted molar refractivity (Wildman–Crippen MR) is 115 cm³/mol. The molecule has 2 aromatic carbocycles. The highest BCUT2D eigenvalue weighted by molar-refractivity contribution is 7.89. The van der Waals surface area contributed by atoms with Crippen molar-refractivity contribution in [3.05, 3.63) is 84.1 Å². The number of benzene rings is 2. The van der Waals surface area contributed by atoms with Crippen LogP contribution in [0.25, 0.3) is 11.2 Å². The van der Waals surface area contributed by atoms with Crippen molar-refractivity contribution in [3.8, 4) is 5.75 Å². The van der Waals surface area contributed by atoms with Crippen molar-refractivity contribution in [3.63, 3.8) is 0 Å². The Balaban J connectivity index is 1.61. The Labute approximate surface area is 179 Å². The molecule has 0 amide bonds. The number of fused-ring (bicyclic) bond motifs is 1. The highest BCUT2D eigenvalue weighted by Crippen LogP contribution is 2.19. The molecule has 4 aromatic rings. The Kier molecular flexibility index (Phi) is 5.97. The van der Waals surface area contributed by atoms with Crippen LogP contribution in [-0.4, -0.2) is 29.6 Å². The minimum atomic E-state index is -3.82. The van der Waals surface area contributed by atoms with Gasteiger partial charge in [-0.2, -0.15) is 0 Å². The molecule has 0 saturated carbocycles. The molecule has 0 atom stereocenters. The van der Waals surface area contributed by atoms with E-state index in [0.29, 0.717) is 30.1 Å². The summed E-state index contributed by atoms with van der Waals surface area (Å²) in [6.07, 6.45) is 1.67. The highest BCUT2D eigenvalue weighted by atomic mass is 32.2. The monoisotopic (exact) mass is 440 g/mol. The standard InChI is InChI=1S/C22H21FN4O3S/c1-2-30-18-9-5-16(6-10-18)15-27-21(26-20-4-3-13-24-22(20)27)14-25-31(28,29)19-11-7-17(23)8-12-19/h3-13,25H,2,14-15H2,1H3. The van der Waals surface area contributed by atoms with Crippen LogP contribution in [0.5, 0.6) is 5.75 Å². The second kappa shape index (κ2) is 8.83. The van der Waals surface area contributed by atoms with E-state index < -0.39 is 15.8 Å². The Morgan fingerprint density at radius 2 is 1.81 bits per heavy atom. The third-order valence-electron chi connectivity index (χ3n) is 4.70. The van der Waals surface area contributed by atoms with Crippen LogP contribution in [0.1, 0.15) is 18.3 Å². The summed E-state index contributed by atoms with van der Waals surface area (Å²) in [5, 5.41) is 0. The van der Waals surface area contributed by atoms with Crippen LogP contribution in [-0.2, 0) is 23.1 Å². The van der Waals surface area contributed by atoms with Gasteiger partial charge in [0.15, 0.2) is 5.65 Å². The third kappa shape index (κ3) is 4.73. The van der Waals surface area contributed by atoms with E-state index in [9.17, 15) is 12.8 Å². The quantitative estimate of drug-likeness (QED) is 0.453. The van der Waals surface area contributed by atoms with Gasteiger partial charge < -0.3 is 9.30 Å². The zero-order chi connectivity index (χ0) is 21.8. The van der Waals surface area contributed by atoms with Gasteiger partial charge in [0.2, 0.25) is 10.0 Å². The molecule has 31 heavy (non-hydrogen) atoms. The van der Waals surface area contributed by atoms with E-state index in [4.69, 9.17) is 4.74 Å². The molecule has 4 rings (SSSR count). The molecular formula is C22H21FN4O3S. The van der Waals surface area contributed by atoms with Gasteiger partial charge in [-0.3, -0.25) is 0 Å². The van der Waals surface area contributed by atoms with Gasteiger partial charge in [-0.15, -0.1) is 0 Å². The van der Waals surface area contributed by atoms with Gasteiger partial charge in [0, 0.05) is 6.20 Å².